The normalized spacial score (nSPS) is 15.0. The minimum atomic E-state index is -0.236. The number of methoxy groups -OCH3 is 1. The van der Waals surface area contributed by atoms with Gasteiger partial charge >= 0.3 is 0 Å². The van der Waals surface area contributed by atoms with Gasteiger partial charge in [-0.25, -0.2) is 0 Å². The van der Waals surface area contributed by atoms with Crippen molar-refractivity contribution in [1.82, 2.24) is 0 Å². The SMILES string of the molecule is COCC(=O)N1CCc2c(NC(=O)c3ccc(NC(=O)C4CC4)cc3)cccc21. The van der Waals surface area contributed by atoms with Gasteiger partial charge in [-0.05, 0) is 55.7 Å². The fraction of sp³-hybridized carbons (Fsp3) is 0.318. The van der Waals surface area contributed by atoms with Gasteiger partial charge in [-0.2, -0.15) is 0 Å². The Morgan fingerprint density at radius 1 is 1.07 bits per heavy atom. The summed E-state index contributed by atoms with van der Waals surface area (Å²) in [5.74, 6) is -0.165. The molecule has 2 aromatic rings. The smallest absolute Gasteiger partial charge is 0.255 e. The van der Waals surface area contributed by atoms with Crippen molar-refractivity contribution in [1.29, 1.82) is 0 Å². The fourth-order valence-electron chi connectivity index (χ4n) is 3.50. The maximum atomic E-state index is 12.7. The molecule has 0 atom stereocenters. The van der Waals surface area contributed by atoms with E-state index < -0.39 is 0 Å². The second-order valence-electron chi connectivity index (χ2n) is 7.33. The van der Waals surface area contributed by atoms with Crippen LogP contribution in [0.5, 0.6) is 0 Å². The highest BCUT2D eigenvalue weighted by atomic mass is 16.5. The molecule has 1 saturated carbocycles. The summed E-state index contributed by atoms with van der Waals surface area (Å²) in [6, 6.07) is 12.4. The highest BCUT2D eigenvalue weighted by Crippen LogP contribution is 2.34. The van der Waals surface area contributed by atoms with Gasteiger partial charge in [0.2, 0.25) is 5.91 Å². The van der Waals surface area contributed by atoms with Crippen LogP contribution in [0, 0.1) is 5.92 Å². The Morgan fingerprint density at radius 3 is 2.52 bits per heavy atom. The summed E-state index contributed by atoms with van der Waals surface area (Å²) in [4.78, 5) is 38.4. The van der Waals surface area contributed by atoms with Crippen LogP contribution in [0.1, 0.15) is 28.8 Å². The van der Waals surface area contributed by atoms with Gasteiger partial charge in [0.05, 0.1) is 0 Å². The van der Waals surface area contributed by atoms with E-state index in [1.807, 2.05) is 18.2 Å². The number of carbonyl (C=O) groups is 3. The van der Waals surface area contributed by atoms with Crippen molar-refractivity contribution in [3.05, 3.63) is 53.6 Å². The lowest BCUT2D eigenvalue weighted by atomic mass is 10.1. The largest absolute Gasteiger partial charge is 0.375 e. The molecule has 0 saturated heterocycles. The van der Waals surface area contributed by atoms with Crippen LogP contribution in [0.2, 0.25) is 0 Å². The Labute approximate surface area is 169 Å². The Bertz CT molecular complexity index is 951. The molecule has 2 aromatic carbocycles. The number of anilines is 3. The Hall–Kier alpha value is -3.19. The third-order valence-corrected chi connectivity index (χ3v) is 5.21. The molecule has 0 spiro atoms. The number of rotatable bonds is 6. The minimum absolute atomic E-state index is 0.0274. The van der Waals surface area contributed by atoms with E-state index in [9.17, 15) is 14.4 Å². The summed E-state index contributed by atoms with van der Waals surface area (Å²) in [6.07, 6.45) is 2.57. The molecular weight excluding hydrogens is 370 g/mol. The van der Waals surface area contributed by atoms with Crippen LogP contribution in [-0.4, -0.2) is 38.0 Å². The number of carbonyl (C=O) groups excluding carboxylic acids is 3. The number of ether oxygens (including phenoxy) is 1. The number of nitrogens with one attached hydrogen (secondary N) is 2. The van der Waals surface area contributed by atoms with E-state index in [0.717, 1.165) is 24.1 Å². The van der Waals surface area contributed by atoms with Gasteiger partial charge in [-0.15, -0.1) is 0 Å². The summed E-state index contributed by atoms with van der Waals surface area (Å²) in [7, 11) is 1.49. The van der Waals surface area contributed by atoms with Gasteiger partial charge in [0.1, 0.15) is 6.61 Å². The minimum Gasteiger partial charge on any atom is -0.375 e. The summed E-state index contributed by atoms with van der Waals surface area (Å²) in [6.45, 7) is 0.597. The van der Waals surface area contributed by atoms with E-state index >= 15 is 0 Å². The van der Waals surface area contributed by atoms with E-state index in [2.05, 4.69) is 10.6 Å². The van der Waals surface area contributed by atoms with E-state index in [1.165, 1.54) is 7.11 Å². The highest BCUT2D eigenvalue weighted by molar-refractivity contribution is 6.06. The molecular formula is C22H23N3O4. The third kappa shape index (κ3) is 4.14. The first-order valence-corrected chi connectivity index (χ1v) is 9.70. The first-order valence-electron chi connectivity index (χ1n) is 9.70. The van der Waals surface area contributed by atoms with Crippen molar-refractivity contribution in [3.8, 4) is 0 Å². The van der Waals surface area contributed by atoms with E-state index in [0.29, 0.717) is 29.9 Å². The second-order valence-corrected chi connectivity index (χ2v) is 7.33. The highest BCUT2D eigenvalue weighted by Gasteiger charge is 2.29. The average Bonchev–Trinajstić information content (AvgIpc) is 3.48. The Kier molecular flexibility index (Phi) is 5.31. The predicted octanol–water partition coefficient (Wildman–Crippen LogP) is 2.82. The van der Waals surface area contributed by atoms with Gasteiger partial charge in [-0.1, -0.05) is 6.07 Å². The topological polar surface area (TPSA) is 87.7 Å². The van der Waals surface area contributed by atoms with Crippen molar-refractivity contribution in [3.63, 3.8) is 0 Å². The molecule has 0 aromatic heterocycles. The van der Waals surface area contributed by atoms with E-state index in [-0.39, 0.29) is 30.2 Å². The zero-order valence-corrected chi connectivity index (χ0v) is 16.2. The third-order valence-electron chi connectivity index (χ3n) is 5.21. The van der Waals surface area contributed by atoms with Crippen LogP contribution in [0.3, 0.4) is 0 Å². The van der Waals surface area contributed by atoms with Crippen molar-refractivity contribution in [2.24, 2.45) is 5.92 Å². The molecule has 1 aliphatic carbocycles. The van der Waals surface area contributed by atoms with Crippen LogP contribution >= 0.6 is 0 Å². The summed E-state index contributed by atoms with van der Waals surface area (Å²) in [5, 5.41) is 5.80. The molecule has 1 aliphatic heterocycles. The lowest BCUT2D eigenvalue weighted by Gasteiger charge is -2.17. The van der Waals surface area contributed by atoms with Crippen LogP contribution in [0.4, 0.5) is 17.1 Å². The van der Waals surface area contributed by atoms with Crippen LogP contribution in [0.25, 0.3) is 0 Å². The molecule has 2 N–H and O–H groups in total. The molecule has 0 unspecified atom stereocenters. The standard InChI is InChI=1S/C22H23N3O4/c1-29-13-20(26)25-12-11-17-18(3-2-4-19(17)25)24-22(28)15-7-9-16(10-8-15)23-21(27)14-5-6-14/h2-4,7-10,14H,5-6,11-13H2,1H3,(H,23,27)(H,24,28). The summed E-state index contributed by atoms with van der Waals surface area (Å²) >= 11 is 0. The molecule has 0 bridgehead atoms. The molecule has 1 fully saturated rings. The number of fused-ring (bicyclic) bond motifs is 1. The molecule has 150 valence electrons. The van der Waals surface area contributed by atoms with Crippen LogP contribution in [-0.2, 0) is 20.7 Å². The van der Waals surface area contributed by atoms with Gasteiger partial charge < -0.3 is 20.3 Å². The number of hydrogen-bond donors (Lipinski definition) is 2. The fourth-order valence-corrected chi connectivity index (χ4v) is 3.50. The summed E-state index contributed by atoms with van der Waals surface area (Å²) in [5.41, 5.74) is 3.64. The monoisotopic (exact) mass is 393 g/mol. The number of nitrogens with zero attached hydrogens (tertiary/aromatic N) is 1. The lowest BCUT2D eigenvalue weighted by Crippen LogP contribution is -2.31. The van der Waals surface area contributed by atoms with E-state index in [1.54, 1.807) is 29.2 Å². The van der Waals surface area contributed by atoms with Crippen LogP contribution in [0.15, 0.2) is 42.5 Å². The average molecular weight is 393 g/mol. The second kappa shape index (κ2) is 8.05. The zero-order valence-electron chi connectivity index (χ0n) is 16.2. The molecule has 1 heterocycles. The zero-order chi connectivity index (χ0) is 20.4. The number of amides is 3. The first kappa shape index (κ1) is 19.1. The molecule has 0 radical (unpaired) electrons. The van der Waals surface area contributed by atoms with Gasteiger partial charge in [0.15, 0.2) is 0 Å². The number of hydrogen-bond acceptors (Lipinski definition) is 4. The van der Waals surface area contributed by atoms with Gasteiger partial charge in [0.25, 0.3) is 11.8 Å². The summed E-state index contributed by atoms with van der Waals surface area (Å²) < 4.78 is 4.95. The molecule has 7 heteroatoms. The quantitative estimate of drug-likeness (QED) is 0.790. The molecule has 3 amide bonds. The molecule has 29 heavy (non-hydrogen) atoms. The molecule has 4 rings (SSSR count). The van der Waals surface area contributed by atoms with E-state index in [4.69, 9.17) is 4.74 Å². The molecule has 7 nitrogen and oxygen atoms in total. The van der Waals surface area contributed by atoms with Crippen LogP contribution < -0.4 is 15.5 Å². The molecule has 2 aliphatic rings. The van der Waals surface area contributed by atoms with Crippen molar-refractivity contribution >= 4 is 34.8 Å². The maximum absolute atomic E-state index is 12.7. The maximum Gasteiger partial charge on any atom is 0.255 e. The van der Waals surface area contributed by atoms with Gasteiger partial charge in [0, 0.05) is 47.8 Å². The predicted molar refractivity (Wildman–Crippen MR) is 110 cm³/mol. The van der Waals surface area contributed by atoms with Crippen molar-refractivity contribution < 1.29 is 19.1 Å². The Balaban J connectivity index is 1.45. The lowest BCUT2D eigenvalue weighted by molar-refractivity contribution is -0.122. The van der Waals surface area contributed by atoms with Crippen molar-refractivity contribution in [2.45, 2.75) is 19.3 Å². The van der Waals surface area contributed by atoms with Gasteiger partial charge in [-0.3, -0.25) is 14.4 Å². The number of benzene rings is 2. The first-order chi connectivity index (χ1) is 14.1. The Morgan fingerprint density at radius 2 is 1.83 bits per heavy atom. The van der Waals surface area contributed by atoms with Crippen molar-refractivity contribution in [2.75, 3.05) is 35.8 Å².